The highest BCUT2D eigenvalue weighted by molar-refractivity contribution is 7.99. The van der Waals surface area contributed by atoms with Gasteiger partial charge in [0.25, 0.3) is 0 Å². The van der Waals surface area contributed by atoms with Crippen LogP contribution in [0.3, 0.4) is 0 Å². The quantitative estimate of drug-likeness (QED) is 0.498. The van der Waals surface area contributed by atoms with Gasteiger partial charge in [-0.1, -0.05) is 12.2 Å². The van der Waals surface area contributed by atoms with Gasteiger partial charge < -0.3 is 0 Å². The van der Waals surface area contributed by atoms with Crippen LogP contribution in [-0.2, 0) is 0 Å². The lowest BCUT2D eigenvalue weighted by molar-refractivity contribution is 0.169. The summed E-state index contributed by atoms with van der Waals surface area (Å²) in [5.41, 5.74) is 0. The van der Waals surface area contributed by atoms with E-state index >= 15 is 0 Å². The molecule has 11 heavy (non-hydrogen) atoms. The van der Waals surface area contributed by atoms with Crippen LogP contribution >= 0.6 is 11.8 Å². The van der Waals surface area contributed by atoms with Crippen LogP contribution in [0.15, 0.2) is 12.2 Å². The van der Waals surface area contributed by atoms with Gasteiger partial charge >= 0.3 is 0 Å². The van der Waals surface area contributed by atoms with Crippen LogP contribution in [0.4, 0.5) is 0 Å². The van der Waals surface area contributed by atoms with E-state index in [1.807, 2.05) is 0 Å². The van der Waals surface area contributed by atoms with Gasteiger partial charge in [-0.05, 0) is 48.0 Å². The van der Waals surface area contributed by atoms with Crippen molar-refractivity contribution in [3.8, 4) is 0 Å². The Morgan fingerprint density at radius 3 is 1.91 bits per heavy atom. The minimum Gasteiger partial charge on any atom is -0.161 e. The zero-order valence-electron chi connectivity index (χ0n) is 6.70. The van der Waals surface area contributed by atoms with Gasteiger partial charge in [0.1, 0.15) is 0 Å². The Morgan fingerprint density at radius 1 is 0.909 bits per heavy atom. The van der Waals surface area contributed by atoms with E-state index in [0.29, 0.717) is 0 Å². The van der Waals surface area contributed by atoms with Crippen molar-refractivity contribution < 1.29 is 0 Å². The molecule has 0 N–H and O–H groups in total. The number of thioether (sulfide) groups is 1. The van der Waals surface area contributed by atoms with Gasteiger partial charge in [0.05, 0.1) is 0 Å². The maximum atomic E-state index is 2.50. The van der Waals surface area contributed by atoms with Crippen LogP contribution in [0.1, 0.15) is 12.8 Å². The molecule has 4 atom stereocenters. The summed E-state index contributed by atoms with van der Waals surface area (Å²) in [5.74, 6) is 7.00. The predicted octanol–water partition coefficient (Wildman–Crippen LogP) is 2.56. The summed E-state index contributed by atoms with van der Waals surface area (Å²) in [6.45, 7) is 0. The Kier molecular flexibility index (Phi) is 1.37. The highest BCUT2D eigenvalue weighted by atomic mass is 32.2. The summed E-state index contributed by atoms with van der Waals surface area (Å²) in [5, 5.41) is 0. The van der Waals surface area contributed by atoms with Crippen molar-refractivity contribution in [2.45, 2.75) is 12.8 Å². The van der Waals surface area contributed by atoms with Gasteiger partial charge in [-0.3, -0.25) is 0 Å². The lowest BCUT2D eigenvalue weighted by Crippen LogP contribution is -2.35. The molecule has 0 aromatic heterocycles. The third-order valence-corrected chi connectivity index (χ3v) is 4.95. The molecule has 1 saturated carbocycles. The summed E-state index contributed by atoms with van der Waals surface area (Å²) < 4.78 is 0. The van der Waals surface area contributed by atoms with Crippen LogP contribution < -0.4 is 0 Å². The number of allylic oxidation sites excluding steroid dienone is 2. The minimum absolute atomic E-state index is 0.972. The molecule has 2 bridgehead atoms. The molecule has 0 unspecified atom stereocenters. The fourth-order valence-corrected chi connectivity index (χ4v) is 4.72. The molecule has 1 saturated heterocycles. The Hall–Kier alpha value is 0.0900. The average molecular weight is 166 g/mol. The summed E-state index contributed by atoms with van der Waals surface area (Å²) >= 11 is 2.19. The topological polar surface area (TPSA) is 0 Å². The molecule has 0 aromatic carbocycles. The highest BCUT2D eigenvalue weighted by Gasteiger charge is 2.43. The zero-order valence-corrected chi connectivity index (χ0v) is 7.52. The highest BCUT2D eigenvalue weighted by Crippen LogP contribution is 2.50. The number of hydrogen-bond acceptors (Lipinski definition) is 1. The van der Waals surface area contributed by atoms with Gasteiger partial charge in [0.15, 0.2) is 0 Å². The molecule has 0 aromatic rings. The second-order valence-electron chi connectivity index (χ2n) is 4.16. The smallest absolute Gasteiger partial charge is 0.00302 e. The maximum absolute atomic E-state index is 2.50. The van der Waals surface area contributed by atoms with Crippen LogP contribution in [0, 0.1) is 23.7 Å². The normalized spacial score (nSPS) is 53.1. The molecule has 0 nitrogen and oxygen atoms in total. The first-order valence-electron chi connectivity index (χ1n) is 4.71. The summed E-state index contributed by atoms with van der Waals surface area (Å²) in [6.07, 6.45) is 7.98. The van der Waals surface area contributed by atoms with Crippen molar-refractivity contribution in [3.05, 3.63) is 12.2 Å². The van der Waals surface area contributed by atoms with Gasteiger partial charge in [-0.25, -0.2) is 0 Å². The van der Waals surface area contributed by atoms with E-state index in [-0.39, 0.29) is 0 Å². The van der Waals surface area contributed by atoms with Crippen LogP contribution in [0.25, 0.3) is 0 Å². The third kappa shape index (κ3) is 0.837. The standard InChI is InChI=1S/C10H14S/c1-2-8-4-3-7(1)9-5-11-6-10(8)9/h1-2,7-10H,3-6H2/t7-,8+,9-,10+. The van der Waals surface area contributed by atoms with Crippen molar-refractivity contribution >= 4 is 11.8 Å². The van der Waals surface area contributed by atoms with Crippen LogP contribution in [0.2, 0.25) is 0 Å². The Bertz CT molecular complexity index is 177. The molecule has 60 valence electrons. The SMILES string of the molecule is C1=C[C@H]2CC[C@@H]1[C@H]1CSC[C@H]12. The van der Waals surface area contributed by atoms with E-state index in [1.165, 1.54) is 24.3 Å². The van der Waals surface area contributed by atoms with E-state index in [2.05, 4.69) is 23.9 Å². The molecular weight excluding hydrogens is 152 g/mol. The van der Waals surface area contributed by atoms with E-state index in [9.17, 15) is 0 Å². The van der Waals surface area contributed by atoms with Crippen molar-refractivity contribution in [1.82, 2.24) is 0 Å². The second-order valence-corrected chi connectivity index (χ2v) is 5.23. The molecule has 2 fully saturated rings. The van der Waals surface area contributed by atoms with E-state index in [0.717, 1.165) is 23.7 Å². The van der Waals surface area contributed by atoms with Crippen LogP contribution in [0.5, 0.6) is 0 Å². The largest absolute Gasteiger partial charge is 0.161 e. The maximum Gasteiger partial charge on any atom is -0.00302 e. The van der Waals surface area contributed by atoms with Gasteiger partial charge in [0, 0.05) is 0 Å². The fourth-order valence-electron chi connectivity index (χ4n) is 3.05. The number of fused-ring (bicyclic) bond motifs is 1. The van der Waals surface area contributed by atoms with Crippen molar-refractivity contribution in [1.29, 1.82) is 0 Å². The predicted molar refractivity (Wildman–Crippen MR) is 49.7 cm³/mol. The Morgan fingerprint density at radius 2 is 1.45 bits per heavy atom. The molecule has 1 heteroatoms. The second kappa shape index (κ2) is 2.29. The van der Waals surface area contributed by atoms with E-state index in [1.54, 1.807) is 0 Å². The molecule has 3 aliphatic carbocycles. The summed E-state index contributed by atoms with van der Waals surface area (Å²) in [6, 6.07) is 0. The lowest BCUT2D eigenvalue weighted by atomic mass is 9.64. The first kappa shape index (κ1) is 6.59. The average Bonchev–Trinajstić information content (AvgIpc) is 2.55. The van der Waals surface area contributed by atoms with Gasteiger partial charge in [-0.15, -0.1) is 0 Å². The summed E-state index contributed by atoms with van der Waals surface area (Å²) in [4.78, 5) is 0. The van der Waals surface area contributed by atoms with Gasteiger partial charge in [-0.2, -0.15) is 11.8 Å². The van der Waals surface area contributed by atoms with Crippen molar-refractivity contribution in [3.63, 3.8) is 0 Å². The first-order chi connectivity index (χ1) is 5.45. The minimum atomic E-state index is 0.972. The summed E-state index contributed by atoms with van der Waals surface area (Å²) in [7, 11) is 0. The molecule has 1 heterocycles. The molecule has 1 aliphatic heterocycles. The number of rotatable bonds is 0. The molecule has 0 spiro atoms. The van der Waals surface area contributed by atoms with Crippen LogP contribution in [-0.4, -0.2) is 11.5 Å². The third-order valence-electron chi connectivity index (χ3n) is 3.71. The zero-order chi connectivity index (χ0) is 7.26. The monoisotopic (exact) mass is 166 g/mol. The lowest BCUT2D eigenvalue weighted by Gasteiger charge is -2.40. The molecule has 0 amide bonds. The van der Waals surface area contributed by atoms with Crippen molar-refractivity contribution in [2.75, 3.05) is 11.5 Å². The Balaban J connectivity index is 1.97. The fraction of sp³-hybridized carbons (Fsp3) is 0.800. The molecular formula is C10H14S. The molecule has 4 rings (SSSR count). The van der Waals surface area contributed by atoms with Gasteiger partial charge in [0.2, 0.25) is 0 Å². The van der Waals surface area contributed by atoms with Crippen molar-refractivity contribution in [2.24, 2.45) is 23.7 Å². The Labute approximate surface area is 72.4 Å². The molecule has 0 radical (unpaired) electrons. The van der Waals surface area contributed by atoms with E-state index < -0.39 is 0 Å². The molecule has 4 aliphatic rings. The first-order valence-corrected chi connectivity index (χ1v) is 5.87. The number of hydrogen-bond donors (Lipinski definition) is 0. The van der Waals surface area contributed by atoms with E-state index in [4.69, 9.17) is 0 Å².